The molecule has 0 radical (unpaired) electrons. The molecule has 8 nitrogen and oxygen atoms in total. The van der Waals surface area contributed by atoms with Crippen molar-refractivity contribution in [3.05, 3.63) is 76.9 Å². The lowest BCUT2D eigenvalue weighted by molar-refractivity contribution is 0.0783. The van der Waals surface area contributed by atoms with Crippen molar-refractivity contribution in [3.8, 4) is 17.2 Å². The largest absolute Gasteiger partial charge is 0.493 e. The third-order valence-corrected chi connectivity index (χ3v) is 7.69. The van der Waals surface area contributed by atoms with Crippen molar-refractivity contribution < 1.29 is 27.4 Å². The molecule has 0 atom stereocenters. The molecular formula is C29H36N2O6S. The van der Waals surface area contributed by atoms with Gasteiger partial charge >= 0.3 is 0 Å². The van der Waals surface area contributed by atoms with Crippen LogP contribution in [-0.4, -0.2) is 47.6 Å². The summed E-state index contributed by atoms with van der Waals surface area (Å²) in [4.78, 5) is 14.9. The number of carbonyl (C=O) groups excluding carboxylic acids is 1. The van der Waals surface area contributed by atoms with E-state index in [2.05, 4.69) is 11.6 Å². The first-order chi connectivity index (χ1) is 18.1. The third kappa shape index (κ3) is 6.58. The van der Waals surface area contributed by atoms with Crippen molar-refractivity contribution >= 4 is 21.6 Å². The fourth-order valence-electron chi connectivity index (χ4n) is 4.15. The van der Waals surface area contributed by atoms with E-state index in [4.69, 9.17) is 14.2 Å². The molecule has 3 rings (SSSR count). The summed E-state index contributed by atoms with van der Waals surface area (Å²) < 4.78 is 45.2. The summed E-state index contributed by atoms with van der Waals surface area (Å²) in [5, 5.41) is 0. The highest BCUT2D eigenvalue weighted by molar-refractivity contribution is 7.92. The summed E-state index contributed by atoms with van der Waals surface area (Å²) in [5.41, 5.74) is 3.31. The van der Waals surface area contributed by atoms with Crippen LogP contribution in [0.25, 0.3) is 0 Å². The van der Waals surface area contributed by atoms with Gasteiger partial charge in [0.15, 0.2) is 11.5 Å². The summed E-state index contributed by atoms with van der Waals surface area (Å²) in [7, 11) is 2.32. The van der Waals surface area contributed by atoms with E-state index in [1.54, 1.807) is 44.3 Å². The van der Waals surface area contributed by atoms with Crippen LogP contribution in [0.1, 0.15) is 46.8 Å². The molecule has 0 heterocycles. The van der Waals surface area contributed by atoms with Crippen molar-refractivity contribution in [2.24, 2.45) is 0 Å². The molecule has 0 saturated carbocycles. The van der Waals surface area contributed by atoms with Crippen molar-refractivity contribution in [2.75, 3.05) is 33.1 Å². The highest BCUT2D eigenvalue weighted by Gasteiger charge is 2.23. The van der Waals surface area contributed by atoms with Gasteiger partial charge in [0, 0.05) is 30.4 Å². The average Bonchev–Trinajstić information content (AvgIpc) is 2.91. The highest BCUT2D eigenvalue weighted by Crippen LogP contribution is 2.40. The number of nitrogens with one attached hydrogen (secondary N) is 1. The number of benzene rings is 3. The lowest BCUT2D eigenvalue weighted by atomic mass is 10.1. The van der Waals surface area contributed by atoms with E-state index in [1.807, 2.05) is 12.1 Å². The molecule has 38 heavy (non-hydrogen) atoms. The van der Waals surface area contributed by atoms with Crippen molar-refractivity contribution in [1.29, 1.82) is 0 Å². The van der Waals surface area contributed by atoms with Gasteiger partial charge in [0.05, 0.1) is 26.2 Å². The topological polar surface area (TPSA) is 94.2 Å². The molecule has 0 aromatic heterocycles. The number of aryl methyl sites for hydroxylation is 2. The van der Waals surface area contributed by atoms with Gasteiger partial charge in [-0.3, -0.25) is 9.52 Å². The number of carbonyl (C=O) groups is 1. The van der Waals surface area contributed by atoms with Gasteiger partial charge in [-0.1, -0.05) is 31.5 Å². The Morgan fingerprint density at radius 1 is 0.921 bits per heavy atom. The first-order valence-corrected chi connectivity index (χ1v) is 13.9. The average molecular weight is 541 g/mol. The zero-order valence-electron chi connectivity index (χ0n) is 22.8. The number of nitrogens with zero attached hydrogens (tertiary/aromatic N) is 1. The van der Waals surface area contributed by atoms with Crippen LogP contribution in [0, 0.1) is 6.92 Å². The van der Waals surface area contributed by atoms with E-state index in [-0.39, 0.29) is 17.3 Å². The molecule has 204 valence electrons. The first kappa shape index (κ1) is 28.8. The summed E-state index contributed by atoms with van der Waals surface area (Å²) in [6.45, 7) is 4.12. The predicted molar refractivity (Wildman–Crippen MR) is 149 cm³/mol. The van der Waals surface area contributed by atoms with Crippen LogP contribution in [0.15, 0.2) is 59.5 Å². The number of amides is 1. The van der Waals surface area contributed by atoms with E-state index in [0.717, 1.165) is 24.8 Å². The molecule has 0 fully saturated rings. The number of unbranched alkanes of at least 4 members (excludes halogenated alkanes) is 1. The second-order valence-corrected chi connectivity index (χ2v) is 10.7. The SMILES string of the molecule is CCCCc1ccc(NS(=O)(=O)c2ccc(C)c(C(=O)N(C)Cc3ccc(OC)c(OC)c3OC)c2)cc1. The normalized spacial score (nSPS) is 11.1. The van der Waals surface area contributed by atoms with E-state index in [9.17, 15) is 13.2 Å². The molecule has 0 saturated heterocycles. The van der Waals surface area contributed by atoms with Crippen LogP contribution < -0.4 is 18.9 Å². The Morgan fingerprint density at radius 2 is 1.61 bits per heavy atom. The van der Waals surface area contributed by atoms with Gasteiger partial charge < -0.3 is 19.1 Å². The van der Waals surface area contributed by atoms with Crippen molar-refractivity contribution in [3.63, 3.8) is 0 Å². The summed E-state index contributed by atoms with van der Waals surface area (Å²) in [6.07, 6.45) is 3.13. The second-order valence-electron chi connectivity index (χ2n) is 9.04. The maximum Gasteiger partial charge on any atom is 0.261 e. The van der Waals surface area contributed by atoms with Crippen LogP contribution in [0.4, 0.5) is 5.69 Å². The van der Waals surface area contributed by atoms with Crippen LogP contribution in [0.2, 0.25) is 0 Å². The molecule has 1 N–H and O–H groups in total. The Labute approximate surface area is 225 Å². The van der Waals surface area contributed by atoms with Gasteiger partial charge in [-0.2, -0.15) is 0 Å². The molecule has 0 aliphatic rings. The Bertz CT molecular complexity index is 1370. The third-order valence-electron chi connectivity index (χ3n) is 6.31. The zero-order valence-corrected chi connectivity index (χ0v) is 23.6. The Morgan fingerprint density at radius 3 is 2.21 bits per heavy atom. The van der Waals surface area contributed by atoms with Gasteiger partial charge in [0.1, 0.15) is 0 Å². The standard InChI is InChI=1S/C29H36N2O6S/c1-7-8-9-21-11-14-23(15-12-21)30-38(33,34)24-16-10-20(2)25(18-24)29(32)31(3)19-22-13-17-26(35-4)28(37-6)27(22)36-5/h10-18,30H,7-9,19H2,1-6H3. The first-order valence-electron chi connectivity index (χ1n) is 12.4. The van der Waals surface area contributed by atoms with Crippen molar-refractivity contribution in [2.45, 2.75) is 44.6 Å². The molecule has 1 amide bonds. The minimum atomic E-state index is -3.90. The minimum Gasteiger partial charge on any atom is -0.493 e. The number of anilines is 1. The van der Waals surface area contributed by atoms with E-state index in [0.29, 0.717) is 39.6 Å². The van der Waals surface area contributed by atoms with Gasteiger partial charge in [0.25, 0.3) is 15.9 Å². The van der Waals surface area contributed by atoms with Gasteiger partial charge in [-0.05, 0) is 67.3 Å². The molecule has 0 aliphatic heterocycles. The molecule has 9 heteroatoms. The van der Waals surface area contributed by atoms with Crippen LogP contribution in [0.5, 0.6) is 17.2 Å². The van der Waals surface area contributed by atoms with E-state index >= 15 is 0 Å². The number of rotatable bonds is 12. The summed E-state index contributed by atoms with van der Waals surface area (Å²) in [6, 6.07) is 15.5. The molecule has 3 aromatic carbocycles. The fraction of sp³-hybridized carbons (Fsp3) is 0.345. The van der Waals surface area contributed by atoms with Gasteiger partial charge in [-0.15, -0.1) is 0 Å². The number of hydrogen-bond acceptors (Lipinski definition) is 6. The van der Waals surface area contributed by atoms with Crippen molar-refractivity contribution in [1.82, 2.24) is 4.90 Å². The van der Waals surface area contributed by atoms with E-state index < -0.39 is 10.0 Å². The lowest BCUT2D eigenvalue weighted by Gasteiger charge is -2.22. The fourth-order valence-corrected chi connectivity index (χ4v) is 5.24. The molecule has 0 bridgehead atoms. The van der Waals surface area contributed by atoms with Gasteiger partial charge in [0.2, 0.25) is 5.75 Å². The smallest absolute Gasteiger partial charge is 0.261 e. The number of hydrogen-bond donors (Lipinski definition) is 1. The number of ether oxygens (including phenoxy) is 3. The maximum absolute atomic E-state index is 13.4. The summed E-state index contributed by atoms with van der Waals surface area (Å²) >= 11 is 0. The predicted octanol–water partition coefficient (Wildman–Crippen LogP) is 5.44. The Hall–Kier alpha value is -3.72. The molecule has 3 aromatic rings. The zero-order chi connectivity index (χ0) is 27.9. The lowest BCUT2D eigenvalue weighted by Crippen LogP contribution is -2.27. The monoisotopic (exact) mass is 540 g/mol. The highest BCUT2D eigenvalue weighted by atomic mass is 32.2. The van der Waals surface area contributed by atoms with Crippen LogP contribution >= 0.6 is 0 Å². The molecular weight excluding hydrogens is 504 g/mol. The minimum absolute atomic E-state index is 0.0126. The Kier molecular flexibility index (Phi) is 9.63. The molecule has 0 spiro atoms. The quantitative estimate of drug-likeness (QED) is 0.329. The van der Waals surface area contributed by atoms with Crippen LogP contribution in [0.3, 0.4) is 0 Å². The van der Waals surface area contributed by atoms with Gasteiger partial charge in [-0.25, -0.2) is 8.42 Å². The Balaban J connectivity index is 1.83. The number of sulfonamides is 1. The maximum atomic E-state index is 13.4. The summed E-state index contributed by atoms with van der Waals surface area (Å²) in [5.74, 6) is 1.09. The van der Waals surface area contributed by atoms with Crippen LogP contribution in [-0.2, 0) is 23.0 Å². The second kappa shape index (κ2) is 12.7. The molecule has 0 unspecified atom stereocenters. The molecule has 0 aliphatic carbocycles. The van der Waals surface area contributed by atoms with E-state index in [1.165, 1.54) is 38.4 Å². The number of methoxy groups -OCH3 is 3.